The number of carbonyl (C=O) groups is 1. The lowest BCUT2D eigenvalue weighted by molar-refractivity contribution is 0.100. The molecule has 4 heteroatoms. The van der Waals surface area contributed by atoms with Crippen LogP contribution in [0.25, 0.3) is 0 Å². The lowest BCUT2D eigenvalue weighted by Crippen LogP contribution is -2.42. The molecule has 2 atom stereocenters. The van der Waals surface area contributed by atoms with Crippen molar-refractivity contribution in [1.29, 1.82) is 0 Å². The fraction of sp³-hybridized carbons (Fsp3) is 0.500. The maximum atomic E-state index is 11.0. The van der Waals surface area contributed by atoms with Crippen LogP contribution in [-0.2, 0) is 0 Å². The van der Waals surface area contributed by atoms with E-state index in [-0.39, 0.29) is 5.91 Å². The molecule has 1 aliphatic rings. The van der Waals surface area contributed by atoms with Crippen LogP contribution >= 0.6 is 0 Å². The number of hydrogen-bond acceptors (Lipinski definition) is 3. The maximum Gasteiger partial charge on any atom is 0.248 e. The number of anilines is 1. The number of hydrogen-bond donors (Lipinski definition) is 2. The number of carbonyl (C=O) groups excluding carboxylic acids is 1. The minimum absolute atomic E-state index is 0.381. The summed E-state index contributed by atoms with van der Waals surface area (Å²) in [6, 6.07) is 7.49. The first-order valence-electron chi connectivity index (χ1n) is 6.46. The van der Waals surface area contributed by atoms with Gasteiger partial charge in [0.1, 0.15) is 0 Å². The van der Waals surface area contributed by atoms with Crippen LogP contribution in [0.3, 0.4) is 0 Å². The van der Waals surface area contributed by atoms with Gasteiger partial charge in [0.05, 0.1) is 0 Å². The van der Waals surface area contributed by atoms with E-state index in [1.54, 1.807) is 12.1 Å². The summed E-state index contributed by atoms with van der Waals surface area (Å²) in [7, 11) is 0. The zero-order valence-corrected chi connectivity index (χ0v) is 10.8. The fourth-order valence-corrected chi connectivity index (χ4v) is 2.53. The van der Waals surface area contributed by atoms with Crippen LogP contribution in [0.15, 0.2) is 24.3 Å². The van der Waals surface area contributed by atoms with E-state index in [9.17, 15) is 4.79 Å². The zero-order chi connectivity index (χ0) is 13.1. The summed E-state index contributed by atoms with van der Waals surface area (Å²) in [4.78, 5) is 13.4. The number of nitrogens with two attached hydrogens (primary N) is 2. The summed E-state index contributed by atoms with van der Waals surface area (Å²) in [5.41, 5.74) is 12.7. The van der Waals surface area contributed by atoms with Crippen LogP contribution in [0.5, 0.6) is 0 Å². The highest BCUT2D eigenvalue weighted by atomic mass is 16.1. The van der Waals surface area contributed by atoms with Gasteiger partial charge in [-0.25, -0.2) is 0 Å². The third-order valence-corrected chi connectivity index (χ3v) is 3.93. The second kappa shape index (κ2) is 5.40. The van der Waals surface area contributed by atoms with E-state index in [1.807, 2.05) is 12.1 Å². The van der Waals surface area contributed by atoms with Gasteiger partial charge in [0.2, 0.25) is 5.91 Å². The molecule has 1 heterocycles. The van der Waals surface area contributed by atoms with Gasteiger partial charge in [-0.15, -0.1) is 0 Å². The van der Waals surface area contributed by atoms with E-state index in [0.29, 0.717) is 17.4 Å². The molecule has 0 aromatic heterocycles. The van der Waals surface area contributed by atoms with Gasteiger partial charge < -0.3 is 16.4 Å². The largest absolute Gasteiger partial charge is 0.371 e. The number of benzene rings is 1. The van der Waals surface area contributed by atoms with E-state index in [2.05, 4.69) is 11.8 Å². The minimum Gasteiger partial charge on any atom is -0.371 e. The number of piperidine rings is 1. The summed E-state index contributed by atoms with van der Waals surface area (Å²) in [5, 5.41) is 0. The third kappa shape index (κ3) is 2.64. The lowest BCUT2D eigenvalue weighted by Gasteiger charge is -2.38. The number of amides is 1. The van der Waals surface area contributed by atoms with Crippen LogP contribution < -0.4 is 16.4 Å². The quantitative estimate of drug-likeness (QED) is 0.843. The van der Waals surface area contributed by atoms with Crippen LogP contribution in [0, 0.1) is 11.8 Å². The molecule has 0 saturated carbocycles. The Bertz CT molecular complexity index is 416. The highest BCUT2D eigenvalue weighted by molar-refractivity contribution is 5.93. The average Bonchev–Trinajstić information content (AvgIpc) is 2.39. The first-order valence-corrected chi connectivity index (χ1v) is 6.46. The van der Waals surface area contributed by atoms with E-state index >= 15 is 0 Å². The van der Waals surface area contributed by atoms with Crippen molar-refractivity contribution < 1.29 is 4.79 Å². The zero-order valence-electron chi connectivity index (χ0n) is 10.8. The SMILES string of the molecule is CC1CCN(c2ccc(C(N)=O)cc2)CC1CN. The Balaban J connectivity index is 2.09. The summed E-state index contributed by atoms with van der Waals surface area (Å²) in [6.07, 6.45) is 1.17. The van der Waals surface area contributed by atoms with Crippen molar-refractivity contribution in [3.05, 3.63) is 29.8 Å². The smallest absolute Gasteiger partial charge is 0.248 e. The lowest BCUT2D eigenvalue weighted by atomic mass is 9.87. The van der Waals surface area contributed by atoms with E-state index in [0.717, 1.165) is 25.3 Å². The monoisotopic (exact) mass is 247 g/mol. The molecule has 1 aromatic carbocycles. The Labute approximate surface area is 108 Å². The Kier molecular flexibility index (Phi) is 3.87. The number of nitrogens with zero attached hydrogens (tertiary/aromatic N) is 1. The Morgan fingerprint density at radius 1 is 1.39 bits per heavy atom. The van der Waals surface area contributed by atoms with Crippen LogP contribution in [0.1, 0.15) is 23.7 Å². The Morgan fingerprint density at radius 3 is 2.61 bits per heavy atom. The molecule has 1 aliphatic heterocycles. The van der Waals surface area contributed by atoms with Gasteiger partial charge in [0.15, 0.2) is 0 Å². The molecule has 0 spiro atoms. The first-order chi connectivity index (χ1) is 8.61. The normalized spacial score (nSPS) is 24.0. The topological polar surface area (TPSA) is 72.3 Å². The molecule has 1 aromatic rings. The summed E-state index contributed by atoms with van der Waals surface area (Å²) in [6.45, 7) is 5.04. The van der Waals surface area contributed by atoms with Gasteiger partial charge in [-0.1, -0.05) is 6.92 Å². The van der Waals surface area contributed by atoms with Gasteiger partial charge in [-0.3, -0.25) is 4.79 Å². The van der Waals surface area contributed by atoms with E-state index in [1.165, 1.54) is 6.42 Å². The summed E-state index contributed by atoms with van der Waals surface area (Å²) < 4.78 is 0. The molecule has 0 bridgehead atoms. The van der Waals surface area contributed by atoms with Crippen LogP contribution in [-0.4, -0.2) is 25.5 Å². The van der Waals surface area contributed by atoms with Crippen molar-refractivity contribution in [1.82, 2.24) is 0 Å². The van der Waals surface area contributed by atoms with E-state index < -0.39 is 0 Å². The fourth-order valence-electron chi connectivity index (χ4n) is 2.53. The molecule has 2 unspecified atom stereocenters. The highest BCUT2D eigenvalue weighted by Gasteiger charge is 2.25. The first kappa shape index (κ1) is 12.9. The van der Waals surface area contributed by atoms with Gasteiger partial charge in [-0.05, 0) is 49.1 Å². The van der Waals surface area contributed by atoms with Crippen molar-refractivity contribution >= 4 is 11.6 Å². The van der Waals surface area contributed by atoms with Crippen molar-refractivity contribution in [3.8, 4) is 0 Å². The number of primary amides is 1. The molecular weight excluding hydrogens is 226 g/mol. The molecule has 0 radical (unpaired) electrons. The molecule has 98 valence electrons. The van der Waals surface area contributed by atoms with Crippen molar-refractivity contribution in [2.45, 2.75) is 13.3 Å². The van der Waals surface area contributed by atoms with Crippen molar-refractivity contribution in [3.63, 3.8) is 0 Å². The third-order valence-electron chi connectivity index (χ3n) is 3.93. The minimum atomic E-state index is -0.381. The predicted molar refractivity (Wildman–Crippen MR) is 73.5 cm³/mol. The molecule has 1 saturated heterocycles. The second-order valence-corrected chi connectivity index (χ2v) is 5.12. The standard InChI is InChI=1S/C14H21N3O/c1-10-6-7-17(9-12(10)8-15)13-4-2-11(3-5-13)14(16)18/h2-5,10,12H,6-9,15H2,1H3,(H2,16,18). The molecule has 2 rings (SSSR count). The molecule has 4 N–H and O–H groups in total. The Morgan fingerprint density at radius 2 is 2.06 bits per heavy atom. The van der Waals surface area contributed by atoms with Crippen molar-refractivity contribution in [2.75, 3.05) is 24.5 Å². The summed E-state index contributed by atoms with van der Waals surface area (Å²) in [5.74, 6) is 0.861. The van der Waals surface area contributed by atoms with Gasteiger partial charge in [-0.2, -0.15) is 0 Å². The van der Waals surface area contributed by atoms with Crippen LogP contribution in [0.4, 0.5) is 5.69 Å². The average molecular weight is 247 g/mol. The van der Waals surface area contributed by atoms with Crippen molar-refractivity contribution in [2.24, 2.45) is 23.3 Å². The molecule has 4 nitrogen and oxygen atoms in total. The molecule has 1 fully saturated rings. The number of rotatable bonds is 3. The molecule has 18 heavy (non-hydrogen) atoms. The molecular formula is C14H21N3O. The maximum absolute atomic E-state index is 11.0. The Hall–Kier alpha value is -1.55. The van der Waals surface area contributed by atoms with Crippen LogP contribution in [0.2, 0.25) is 0 Å². The molecule has 1 amide bonds. The predicted octanol–water partition coefficient (Wildman–Crippen LogP) is 1.21. The van der Waals surface area contributed by atoms with Gasteiger partial charge in [0, 0.05) is 24.3 Å². The summed E-state index contributed by atoms with van der Waals surface area (Å²) >= 11 is 0. The van der Waals surface area contributed by atoms with Gasteiger partial charge in [0.25, 0.3) is 0 Å². The van der Waals surface area contributed by atoms with Gasteiger partial charge >= 0.3 is 0 Å². The highest BCUT2D eigenvalue weighted by Crippen LogP contribution is 2.26. The molecule has 0 aliphatic carbocycles. The van der Waals surface area contributed by atoms with E-state index in [4.69, 9.17) is 11.5 Å². The second-order valence-electron chi connectivity index (χ2n) is 5.12.